The lowest BCUT2D eigenvalue weighted by atomic mass is 9.31. The summed E-state index contributed by atoms with van der Waals surface area (Å²) in [5.41, 5.74) is 15.9. The first-order chi connectivity index (χ1) is 32.7. The van der Waals surface area contributed by atoms with Crippen molar-refractivity contribution in [3.8, 4) is 22.3 Å². The van der Waals surface area contributed by atoms with Crippen molar-refractivity contribution in [2.45, 2.75) is 40.0 Å². The van der Waals surface area contributed by atoms with Gasteiger partial charge in [0.25, 0.3) is 0 Å². The molecular formula is C58H36B2F6N2. The number of benzene rings is 10. The summed E-state index contributed by atoms with van der Waals surface area (Å²) in [7, 11) is 0. The van der Waals surface area contributed by atoms with Crippen molar-refractivity contribution in [3.63, 3.8) is 0 Å². The number of halogens is 6. The molecule has 0 N–H and O–H groups in total. The minimum absolute atomic E-state index is 0.380. The highest BCUT2D eigenvalue weighted by Gasteiger charge is 2.47. The molecule has 0 amide bonds. The van der Waals surface area contributed by atoms with Gasteiger partial charge in [-0.05, 0) is 181 Å². The maximum Gasteiger partial charge on any atom is 0.416 e. The summed E-state index contributed by atoms with van der Waals surface area (Å²) >= 11 is 0. The van der Waals surface area contributed by atoms with Crippen LogP contribution in [0.4, 0.5) is 60.5 Å². The molecule has 2 nitrogen and oxygen atoms in total. The summed E-state index contributed by atoms with van der Waals surface area (Å²) < 4.78 is 90.1. The van der Waals surface area contributed by atoms with E-state index < -0.39 is 30.2 Å². The van der Waals surface area contributed by atoms with E-state index in [2.05, 4.69) is 61.5 Å². The second-order valence-corrected chi connectivity index (χ2v) is 19.2. The van der Waals surface area contributed by atoms with E-state index in [1.807, 2.05) is 91.2 Å². The van der Waals surface area contributed by atoms with Crippen LogP contribution in [-0.4, -0.2) is 13.4 Å². The topological polar surface area (TPSA) is 6.48 Å². The Kier molecular flexibility index (Phi) is 7.68. The molecule has 0 unspecified atom stereocenters. The molecule has 10 aromatic rings. The second kappa shape index (κ2) is 13.2. The Labute approximate surface area is 388 Å². The SMILES string of the molecule is Cc1ccc2c(c1)N(c1ccccc1)c1cc(C(F)(F)F)cc3c1B2c1cc2c(C)cc4c5c(cc6c(C)cc-3c1c6c25)B1c2ccc(C(F)(F)F)cc2N(c2ccccc2)c2cc(C)cc-4c21. The third-order valence-electron chi connectivity index (χ3n) is 15.3. The molecule has 0 spiro atoms. The lowest BCUT2D eigenvalue weighted by Crippen LogP contribution is -2.60. The van der Waals surface area contributed by atoms with E-state index >= 15 is 13.2 Å². The molecule has 0 fully saturated rings. The van der Waals surface area contributed by atoms with Crippen molar-refractivity contribution in [1.82, 2.24) is 0 Å². The summed E-state index contributed by atoms with van der Waals surface area (Å²) in [6, 6.07) is 45.6. The number of anilines is 6. The maximum atomic E-state index is 15.3. The molecule has 0 aliphatic carbocycles. The Morgan fingerprint density at radius 2 is 0.824 bits per heavy atom. The molecule has 0 atom stereocenters. The smallest absolute Gasteiger partial charge is 0.311 e. The van der Waals surface area contributed by atoms with Crippen LogP contribution in [-0.2, 0) is 12.4 Å². The Morgan fingerprint density at radius 3 is 1.35 bits per heavy atom. The van der Waals surface area contributed by atoms with Crippen molar-refractivity contribution in [2.24, 2.45) is 0 Å². The first kappa shape index (κ1) is 39.7. The molecule has 4 aliphatic heterocycles. The average molecular weight is 897 g/mol. The highest BCUT2D eigenvalue weighted by atomic mass is 19.4. The molecule has 0 bridgehead atoms. The van der Waals surface area contributed by atoms with Gasteiger partial charge in [-0.2, -0.15) is 26.3 Å². The number of aryl methyl sites for hydroxylation is 4. The number of hydrogen-bond acceptors (Lipinski definition) is 2. The third kappa shape index (κ3) is 5.12. The fourth-order valence-electron chi connectivity index (χ4n) is 12.7. The first-order valence-corrected chi connectivity index (χ1v) is 22.9. The second-order valence-electron chi connectivity index (χ2n) is 19.2. The minimum atomic E-state index is -4.62. The molecule has 4 aliphatic rings. The van der Waals surface area contributed by atoms with Gasteiger partial charge in [0.2, 0.25) is 13.4 Å². The van der Waals surface area contributed by atoms with E-state index in [1.54, 1.807) is 6.07 Å². The molecule has 68 heavy (non-hydrogen) atoms. The lowest BCUT2D eigenvalue weighted by molar-refractivity contribution is -0.138. The van der Waals surface area contributed by atoms with Gasteiger partial charge in [0.1, 0.15) is 0 Å². The van der Waals surface area contributed by atoms with Gasteiger partial charge >= 0.3 is 12.4 Å². The zero-order chi connectivity index (χ0) is 46.4. The highest BCUT2D eigenvalue weighted by molar-refractivity contribution is 7.02. The van der Waals surface area contributed by atoms with E-state index in [0.717, 1.165) is 127 Å². The van der Waals surface area contributed by atoms with Gasteiger partial charge in [0.15, 0.2) is 0 Å². The molecule has 0 radical (unpaired) electrons. The Balaban J connectivity index is 1.13. The molecule has 0 saturated heterocycles. The number of alkyl halides is 6. The predicted molar refractivity (Wildman–Crippen MR) is 269 cm³/mol. The quantitative estimate of drug-likeness (QED) is 0.0969. The summed E-state index contributed by atoms with van der Waals surface area (Å²) in [5.74, 6) is 0. The molecule has 326 valence electrons. The van der Waals surface area contributed by atoms with Crippen LogP contribution in [0.3, 0.4) is 0 Å². The lowest BCUT2D eigenvalue weighted by Gasteiger charge is -2.42. The van der Waals surface area contributed by atoms with Crippen molar-refractivity contribution < 1.29 is 26.3 Å². The van der Waals surface area contributed by atoms with Gasteiger partial charge < -0.3 is 9.80 Å². The summed E-state index contributed by atoms with van der Waals surface area (Å²) in [5, 5.41) is 6.04. The van der Waals surface area contributed by atoms with Crippen LogP contribution in [0.1, 0.15) is 33.4 Å². The molecule has 10 aromatic carbocycles. The van der Waals surface area contributed by atoms with Gasteiger partial charge in [-0.15, -0.1) is 0 Å². The first-order valence-electron chi connectivity index (χ1n) is 22.9. The number of fused-ring (bicyclic) bond motifs is 8. The fourth-order valence-corrected chi connectivity index (χ4v) is 12.7. The Hall–Kier alpha value is -7.45. The van der Waals surface area contributed by atoms with Crippen LogP contribution in [0.5, 0.6) is 0 Å². The van der Waals surface area contributed by atoms with E-state index in [-0.39, 0.29) is 6.71 Å². The Morgan fingerprint density at radius 1 is 0.368 bits per heavy atom. The number of para-hydroxylation sites is 2. The van der Waals surface area contributed by atoms with E-state index in [1.165, 1.54) is 24.3 Å². The fraction of sp³-hybridized carbons (Fsp3) is 0.103. The molecule has 0 saturated carbocycles. The van der Waals surface area contributed by atoms with Gasteiger partial charge in [0, 0.05) is 34.1 Å². The molecule has 14 rings (SSSR count). The number of nitrogens with zero attached hydrogens (tertiary/aromatic N) is 2. The third-order valence-corrected chi connectivity index (χ3v) is 15.3. The van der Waals surface area contributed by atoms with Gasteiger partial charge in [-0.1, -0.05) is 102 Å². The summed E-state index contributed by atoms with van der Waals surface area (Å²) in [6.07, 6.45) is -9.18. The van der Waals surface area contributed by atoms with Crippen LogP contribution in [0.2, 0.25) is 0 Å². The van der Waals surface area contributed by atoms with Gasteiger partial charge in [-0.3, -0.25) is 0 Å². The summed E-state index contributed by atoms with van der Waals surface area (Å²) in [6.45, 7) is 7.44. The van der Waals surface area contributed by atoms with Crippen molar-refractivity contribution >= 4 is 113 Å². The number of rotatable bonds is 2. The predicted octanol–water partition coefficient (Wildman–Crippen LogP) is 12.4. The van der Waals surface area contributed by atoms with E-state index in [9.17, 15) is 13.2 Å². The van der Waals surface area contributed by atoms with Crippen LogP contribution < -0.4 is 42.6 Å². The van der Waals surface area contributed by atoms with Gasteiger partial charge in [0.05, 0.1) is 11.1 Å². The van der Waals surface area contributed by atoms with Crippen LogP contribution >= 0.6 is 0 Å². The van der Waals surface area contributed by atoms with Crippen molar-refractivity contribution in [2.75, 3.05) is 9.80 Å². The van der Waals surface area contributed by atoms with E-state index in [0.29, 0.717) is 16.9 Å². The van der Waals surface area contributed by atoms with Crippen molar-refractivity contribution in [3.05, 3.63) is 179 Å². The van der Waals surface area contributed by atoms with Crippen LogP contribution in [0.15, 0.2) is 146 Å². The zero-order valence-electron chi connectivity index (χ0n) is 37.2. The molecule has 0 aromatic heterocycles. The summed E-state index contributed by atoms with van der Waals surface area (Å²) in [4.78, 5) is 3.99. The molecular weight excluding hydrogens is 860 g/mol. The van der Waals surface area contributed by atoms with Crippen LogP contribution in [0, 0.1) is 27.7 Å². The monoisotopic (exact) mass is 896 g/mol. The Bertz CT molecular complexity index is 3900. The van der Waals surface area contributed by atoms with Crippen LogP contribution in [0.25, 0.3) is 54.6 Å². The molecule has 4 heterocycles. The van der Waals surface area contributed by atoms with Crippen molar-refractivity contribution in [1.29, 1.82) is 0 Å². The zero-order valence-corrected chi connectivity index (χ0v) is 37.2. The standard InChI is InChI=1S/C58H36B2F6N2/c1-29-15-17-43-47(20-29)67(35-11-7-5-8-12-35)50-26-34(58(64,65)66)24-42-40-23-32(4)38-27-45-51-39(22-31(3)37-28-46(59(43)56(42)50)52(40)54(38)53(37)51)41-19-30(2)21-49-55(41)60(45)44-18-16-33(57(61,62)63)25-48(44)68(49)36-13-9-6-10-14-36/h5-28H,1-4H3. The maximum absolute atomic E-state index is 15.3. The average Bonchev–Trinajstić information content (AvgIpc) is 3.31. The normalized spacial score (nSPS) is 14.2. The minimum Gasteiger partial charge on any atom is -0.311 e. The largest absolute Gasteiger partial charge is 0.416 e. The number of hydrogen-bond donors (Lipinski definition) is 0. The van der Waals surface area contributed by atoms with Gasteiger partial charge in [-0.25, -0.2) is 0 Å². The van der Waals surface area contributed by atoms with E-state index in [4.69, 9.17) is 0 Å². The highest BCUT2D eigenvalue weighted by Crippen LogP contribution is 2.51. The molecule has 10 heteroatoms.